The van der Waals surface area contributed by atoms with Crippen LogP contribution in [0.3, 0.4) is 0 Å². The molecule has 3 N–H and O–H groups in total. The first-order valence-electron chi connectivity index (χ1n) is 11.4. The standard InChI is InChI=1S/C28H28N2O3/c1-33-23-14-8-6-11-19(23)15-22(31)26-25-24(18-9-3-2-4-10-18)21-13-7-5-12-20(21)16-28(25,17-30-26)27(29)32/h2-14,24-26,30H,15-17H2,1H3,(H2,29,32). The topological polar surface area (TPSA) is 81.4 Å². The molecule has 3 aromatic carbocycles. The Balaban J connectivity index is 1.61. The Bertz CT molecular complexity index is 1190. The Labute approximate surface area is 194 Å². The van der Waals surface area contributed by atoms with Gasteiger partial charge in [-0.05, 0) is 29.2 Å². The van der Waals surface area contributed by atoms with Gasteiger partial charge in [-0.15, -0.1) is 0 Å². The third-order valence-corrected chi connectivity index (χ3v) is 7.44. The van der Waals surface area contributed by atoms with Crippen LogP contribution in [0, 0.1) is 11.3 Å². The molecule has 1 aliphatic carbocycles. The van der Waals surface area contributed by atoms with Crippen LogP contribution in [0.2, 0.25) is 0 Å². The highest BCUT2D eigenvalue weighted by molar-refractivity contribution is 5.91. The summed E-state index contributed by atoms with van der Waals surface area (Å²) >= 11 is 0. The average molecular weight is 441 g/mol. The van der Waals surface area contributed by atoms with E-state index in [4.69, 9.17) is 10.5 Å². The lowest BCUT2D eigenvalue weighted by molar-refractivity contribution is -0.130. The Kier molecular flexibility index (Phi) is 5.51. The maximum Gasteiger partial charge on any atom is 0.225 e. The van der Waals surface area contributed by atoms with Gasteiger partial charge in [-0.25, -0.2) is 0 Å². The van der Waals surface area contributed by atoms with E-state index >= 15 is 0 Å². The van der Waals surface area contributed by atoms with Crippen molar-refractivity contribution in [1.29, 1.82) is 0 Å². The molecule has 1 heterocycles. The number of rotatable bonds is 6. The number of carbonyl (C=O) groups excluding carboxylic acids is 2. The number of ether oxygens (including phenoxy) is 1. The van der Waals surface area contributed by atoms with E-state index in [0.717, 1.165) is 16.7 Å². The molecule has 3 aromatic rings. The first-order chi connectivity index (χ1) is 16.0. The highest BCUT2D eigenvalue weighted by atomic mass is 16.5. The molecule has 5 rings (SSSR count). The molecule has 1 aliphatic heterocycles. The summed E-state index contributed by atoms with van der Waals surface area (Å²) in [5.74, 6) is 0.0225. The number of primary amides is 1. The summed E-state index contributed by atoms with van der Waals surface area (Å²) in [5.41, 5.74) is 9.50. The number of methoxy groups -OCH3 is 1. The molecule has 5 heteroatoms. The van der Waals surface area contributed by atoms with Crippen molar-refractivity contribution in [2.24, 2.45) is 17.1 Å². The summed E-state index contributed by atoms with van der Waals surface area (Å²) in [4.78, 5) is 26.7. The van der Waals surface area contributed by atoms with E-state index in [0.29, 0.717) is 18.7 Å². The molecule has 1 amide bonds. The molecule has 0 radical (unpaired) electrons. The van der Waals surface area contributed by atoms with Crippen LogP contribution in [0.1, 0.15) is 28.2 Å². The highest BCUT2D eigenvalue weighted by Gasteiger charge is 2.60. The normalized spacial score (nSPS) is 25.7. The number of ketones is 1. The minimum Gasteiger partial charge on any atom is -0.496 e. The van der Waals surface area contributed by atoms with Crippen LogP contribution in [0.25, 0.3) is 0 Å². The van der Waals surface area contributed by atoms with Crippen molar-refractivity contribution >= 4 is 11.7 Å². The molecular weight excluding hydrogens is 412 g/mol. The number of hydrogen-bond donors (Lipinski definition) is 2. The number of Topliss-reactive ketones (excluding diaryl/α,β-unsaturated/α-hetero) is 1. The zero-order valence-corrected chi connectivity index (χ0v) is 18.7. The van der Waals surface area contributed by atoms with Gasteiger partial charge in [0.05, 0.1) is 18.6 Å². The van der Waals surface area contributed by atoms with Gasteiger partial charge in [0.15, 0.2) is 5.78 Å². The Morgan fingerprint density at radius 2 is 1.70 bits per heavy atom. The summed E-state index contributed by atoms with van der Waals surface area (Å²) in [7, 11) is 1.61. The number of nitrogens with one attached hydrogen (secondary N) is 1. The summed E-state index contributed by atoms with van der Waals surface area (Å²) in [6, 6.07) is 25.5. The van der Waals surface area contributed by atoms with Crippen LogP contribution in [0.4, 0.5) is 0 Å². The van der Waals surface area contributed by atoms with Crippen LogP contribution in [-0.4, -0.2) is 31.4 Å². The largest absolute Gasteiger partial charge is 0.496 e. The Morgan fingerprint density at radius 3 is 2.45 bits per heavy atom. The first-order valence-corrected chi connectivity index (χ1v) is 11.4. The van der Waals surface area contributed by atoms with E-state index in [1.54, 1.807) is 7.11 Å². The summed E-state index contributed by atoms with van der Waals surface area (Å²) in [5, 5.41) is 3.42. The van der Waals surface area contributed by atoms with Crippen molar-refractivity contribution < 1.29 is 14.3 Å². The zero-order chi connectivity index (χ0) is 23.0. The van der Waals surface area contributed by atoms with Gasteiger partial charge in [0, 0.05) is 30.4 Å². The van der Waals surface area contributed by atoms with Gasteiger partial charge >= 0.3 is 0 Å². The number of hydrogen-bond acceptors (Lipinski definition) is 4. The molecule has 2 aliphatic rings. The predicted octanol–water partition coefficient (Wildman–Crippen LogP) is 3.25. The molecular formula is C28H28N2O3. The van der Waals surface area contributed by atoms with Gasteiger partial charge in [-0.3, -0.25) is 9.59 Å². The number of para-hydroxylation sites is 1. The van der Waals surface area contributed by atoms with Gasteiger partial charge < -0.3 is 15.8 Å². The van der Waals surface area contributed by atoms with Crippen LogP contribution in [-0.2, 0) is 22.4 Å². The molecule has 1 fully saturated rings. The van der Waals surface area contributed by atoms with Crippen molar-refractivity contribution in [3.05, 3.63) is 101 Å². The number of benzene rings is 3. The fourth-order valence-electron chi connectivity index (χ4n) is 5.93. The van der Waals surface area contributed by atoms with E-state index in [1.807, 2.05) is 54.6 Å². The van der Waals surface area contributed by atoms with E-state index in [2.05, 4.69) is 29.6 Å². The molecule has 0 aromatic heterocycles. The fourth-order valence-corrected chi connectivity index (χ4v) is 5.93. The second kappa shape index (κ2) is 8.49. The zero-order valence-electron chi connectivity index (χ0n) is 18.7. The van der Waals surface area contributed by atoms with Crippen LogP contribution in [0.15, 0.2) is 78.9 Å². The third kappa shape index (κ3) is 3.53. The SMILES string of the molecule is COc1ccccc1CC(=O)C1NCC2(C(N)=O)Cc3ccccc3C(c3ccccc3)C12. The summed E-state index contributed by atoms with van der Waals surface area (Å²) in [6.07, 6.45) is 0.772. The van der Waals surface area contributed by atoms with Crippen molar-refractivity contribution in [2.45, 2.75) is 24.8 Å². The maximum absolute atomic E-state index is 13.7. The van der Waals surface area contributed by atoms with Crippen molar-refractivity contribution in [2.75, 3.05) is 13.7 Å². The monoisotopic (exact) mass is 440 g/mol. The van der Waals surface area contributed by atoms with Gasteiger partial charge in [0.1, 0.15) is 5.75 Å². The molecule has 168 valence electrons. The fraction of sp³-hybridized carbons (Fsp3) is 0.286. The molecule has 5 nitrogen and oxygen atoms in total. The minimum absolute atomic E-state index is 0.0490. The molecule has 33 heavy (non-hydrogen) atoms. The summed E-state index contributed by atoms with van der Waals surface area (Å²) < 4.78 is 5.46. The smallest absolute Gasteiger partial charge is 0.225 e. The van der Waals surface area contributed by atoms with E-state index in [-0.39, 0.29) is 29.9 Å². The average Bonchev–Trinajstić information content (AvgIpc) is 3.24. The Morgan fingerprint density at radius 1 is 1.00 bits per heavy atom. The number of carbonyl (C=O) groups is 2. The number of amides is 1. The van der Waals surface area contributed by atoms with Crippen molar-refractivity contribution in [3.63, 3.8) is 0 Å². The molecule has 1 saturated heterocycles. The third-order valence-electron chi connectivity index (χ3n) is 7.44. The van der Waals surface area contributed by atoms with Crippen molar-refractivity contribution in [1.82, 2.24) is 5.32 Å². The van der Waals surface area contributed by atoms with Gasteiger partial charge in [-0.1, -0.05) is 72.8 Å². The lowest BCUT2D eigenvalue weighted by Crippen LogP contribution is -2.52. The number of nitrogens with two attached hydrogens (primary N) is 1. The maximum atomic E-state index is 13.7. The second-order valence-electron chi connectivity index (χ2n) is 9.12. The second-order valence-corrected chi connectivity index (χ2v) is 9.12. The molecule has 0 bridgehead atoms. The van der Waals surface area contributed by atoms with Crippen molar-refractivity contribution in [3.8, 4) is 5.75 Å². The predicted molar refractivity (Wildman–Crippen MR) is 127 cm³/mol. The molecule has 0 saturated carbocycles. The molecule has 0 spiro atoms. The van der Waals surface area contributed by atoms with E-state index in [9.17, 15) is 9.59 Å². The van der Waals surface area contributed by atoms with Crippen LogP contribution < -0.4 is 15.8 Å². The molecule has 4 atom stereocenters. The Hall–Kier alpha value is -3.44. The van der Waals surface area contributed by atoms with Gasteiger partial charge in [0.2, 0.25) is 5.91 Å². The highest BCUT2D eigenvalue weighted by Crippen LogP contribution is 2.54. The van der Waals surface area contributed by atoms with E-state index < -0.39 is 11.5 Å². The lowest BCUT2D eigenvalue weighted by Gasteiger charge is -2.44. The molecule has 4 unspecified atom stereocenters. The van der Waals surface area contributed by atoms with Gasteiger partial charge in [-0.2, -0.15) is 0 Å². The minimum atomic E-state index is -0.823. The van der Waals surface area contributed by atoms with Gasteiger partial charge in [0.25, 0.3) is 0 Å². The van der Waals surface area contributed by atoms with Crippen LogP contribution in [0.5, 0.6) is 5.75 Å². The van der Waals surface area contributed by atoms with E-state index in [1.165, 1.54) is 5.56 Å². The van der Waals surface area contributed by atoms with Crippen LogP contribution >= 0.6 is 0 Å². The quantitative estimate of drug-likeness (QED) is 0.617. The first kappa shape index (κ1) is 21.4. The lowest BCUT2D eigenvalue weighted by atomic mass is 9.57. The summed E-state index contributed by atoms with van der Waals surface area (Å²) in [6.45, 7) is 0.396. The number of fused-ring (bicyclic) bond motifs is 2.